The molecular weight excluding hydrogens is 1350 g/mol. The molecule has 3 atom stereocenters. The van der Waals surface area contributed by atoms with Crippen molar-refractivity contribution in [2.45, 2.75) is 98.3 Å². The molecule has 24 nitrogen and oxygen atoms in total. The van der Waals surface area contributed by atoms with E-state index in [2.05, 4.69) is 0 Å². The number of hydrogen-bond acceptors (Lipinski definition) is 21. The van der Waals surface area contributed by atoms with Crippen molar-refractivity contribution in [3.8, 4) is 0 Å². The number of hydrogen-bond donors (Lipinski definition) is 0. The van der Waals surface area contributed by atoms with Crippen LogP contribution in [-0.2, 0) is 106 Å². The van der Waals surface area contributed by atoms with E-state index in [0.717, 1.165) is 24.0 Å². The van der Waals surface area contributed by atoms with Crippen molar-refractivity contribution in [2.24, 2.45) is 11.8 Å². The largest absolute Gasteiger partial charge is 1.00 e. The molecule has 0 spiro atoms. The fraction of sp³-hybridized carbons (Fsp3) is 0.824. The Morgan fingerprint density at radius 3 is 1.20 bits per heavy atom. The van der Waals surface area contributed by atoms with Crippen LogP contribution in [0.2, 0.25) is 17.6 Å². The number of nitrogens with zero attached hydrogens (tertiary/aromatic N) is 3. The topological polar surface area (TPSA) is 330 Å². The average molecular weight is 1410 g/mol. The van der Waals surface area contributed by atoms with Gasteiger partial charge in [-0.1, -0.05) is 18.6 Å². The van der Waals surface area contributed by atoms with Crippen molar-refractivity contribution in [3.63, 3.8) is 0 Å². The van der Waals surface area contributed by atoms with E-state index in [1.807, 2.05) is 29.0 Å². The Kier molecular flexibility index (Phi) is 42.2. The molecule has 45 heteroatoms. The molecule has 1 aromatic rings. The molecule has 2 fully saturated rings. The molecule has 0 heterocycles. The third kappa shape index (κ3) is 29.7. The molecule has 0 radical (unpaired) electrons. The van der Waals surface area contributed by atoms with Gasteiger partial charge in [-0.2, -0.15) is 39.5 Å². The fourth-order valence-electron chi connectivity index (χ4n) is 7.10. The summed E-state index contributed by atoms with van der Waals surface area (Å²) in [4.78, 5) is -0.678. The van der Waals surface area contributed by atoms with Crippen molar-refractivity contribution >= 4 is 86.6 Å². The first kappa shape index (κ1) is 88.8. The number of benzene rings is 1. The van der Waals surface area contributed by atoms with Crippen LogP contribution in [0, 0.1) is 11.8 Å². The Morgan fingerprint density at radius 1 is 0.532 bits per heavy atom. The van der Waals surface area contributed by atoms with Gasteiger partial charge in [0.2, 0.25) is 0 Å². The van der Waals surface area contributed by atoms with E-state index in [9.17, 15) is 90.0 Å². The summed E-state index contributed by atoms with van der Waals surface area (Å²) in [6.45, 7) is 8.27. The monoisotopic (exact) mass is 1410 g/mol. The van der Waals surface area contributed by atoms with Crippen LogP contribution in [0.3, 0.4) is 0 Å². The van der Waals surface area contributed by atoms with E-state index < -0.39 is 114 Å². The smallest absolute Gasteiger partial charge is 0.429 e. The quantitative estimate of drug-likeness (QED) is 0.0636. The summed E-state index contributed by atoms with van der Waals surface area (Å²) in [5, 5.41) is 0. The molecule has 0 aliphatic heterocycles. The predicted molar refractivity (Wildman–Crippen MR) is 259 cm³/mol. The Balaban J connectivity index is -0.000000484. The third-order valence-corrected chi connectivity index (χ3v) is 28.2. The van der Waals surface area contributed by atoms with Crippen molar-refractivity contribution in [3.05, 3.63) is 42.2 Å². The molecule has 2 saturated carbocycles. The second-order valence-electron chi connectivity index (χ2n) is 15.5. The van der Waals surface area contributed by atoms with Crippen molar-refractivity contribution in [1.82, 2.24) is 0 Å². The maximum Gasteiger partial charge on any atom is 1.00 e. The molecule has 79 heavy (non-hydrogen) atoms. The van der Waals surface area contributed by atoms with Crippen molar-refractivity contribution in [2.75, 3.05) is 74.5 Å². The van der Waals surface area contributed by atoms with Gasteiger partial charge in [-0.25, -0.2) is 50.5 Å². The van der Waals surface area contributed by atoms with Crippen LogP contribution in [0.15, 0.2) is 29.2 Å². The van der Waals surface area contributed by atoms with Crippen LogP contribution in [0.5, 0.6) is 0 Å². The number of alkyl halides is 9. The summed E-state index contributed by atoms with van der Waals surface area (Å²) in [6, 6.07) is 4.92. The summed E-state index contributed by atoms with van der Waals surface area (Å²) in [5.74, 6) is 0.808. The zero-order chi connectivity index (χ0) is 59.7. The number of halogens is 9. The van der Waals surface area contributed by atoms with Crippen LogP contribution >= 0.6 is 0 Å². The summed E-state index contributed by atoms with van der Waals surface area (Å²) >= 11 is 0. The Bertz CT molecular complexity index is 2620. The van der Waals surface area contributed by atoms with E-state index in [0.29, 0.717) is 43.4 Å². The minimum atomic E-state index is -6.16. The van der Waals surface area contributed by atoms with Gasteiger partial charge in [-0.15, -0.1) is 0 Å². The van der Waals surface area contributed by atoms with Gasteiger partial charge in [-0.05, 0) is 82.4 Å². The Morgan fingerprint density at radius 2 is 0.899 bits per heavy atom. The number of fused-ring (bicyclic) bond motifs is 2. The van der Waals surface area contributed by atoms with E-state index in [1.165, 1.54) is 80.5 Å². The second-order valence-corrected chi connectivity index (χ2v) is 35.0. The molecule has 2 aliphatic rings. The molecular formula is C34H61F9K3N3O21S6Si3. The van der Waals surface area contributed by atoms with Gasteiger partial charge < -0.3 is 52.2 Å². The third-order valence-electron chi connectivity index (χ3n) is 10.4. The standard InChI is InChI=1S/C13H26O3Si.C12H17F3NO7S2Si.C7H15F3NO7S2Si.C2H3F3NO4S2.3K/c1-4-14-17(15-5-2,16-6-3)13-10-11-7-8-12(13)9-11;1-21-26(22-2,23-3)9-8-10-4-6-11(7-5-10)24(17,18)16-25(19,20)12(13,14)15;1-16-21(17-2,18-3)6-4-5-19(12,13)11-20(14,15)7(8,9)10;1-11(7,8)6-12(9,10)2(3,4)5;;;/h11-13H,4-10H2,1-3H3;4-7H,8-9H2,1-3H3;4-6H2,1-3H3;1H3;;;/q;3*-1;3*+1. The first-order valence-electron chi connectivity index (χ1n) is 21.5. The zero-order valence-electron chi connectivity index (χ0n) is 45.3. The van der Waals surface area contributed by atoms with Gasteiger partial charge >= 0.3 is 197 Å². The molecule has 0 saturated heterocycles. The second kappa shape index (κ2) is 37.5. The van der Waals surface area contributed by atoms with Crippen molar-refractivity contribution in [1.29, 1.82) is 0 Å². The van der Waals surface area contributed by atoms with Gasteiger partial charge in [0.1, 0.15) is 10.0 Å². The van der Waals surface area contributed by atoms with Gasteiger partial charge in [0.05, 0.1) is 20.0 Å². The SMILES string of the molecule is CCO[Si](OCC)(OCC)C1CC2CCC1C2.CO[Si](CCCS(=O)(=O)[N-]S(=O)(=O)C(F)(F)F)(OC)OC.CO[Si](CCc1ccc(S(=O)(=O)[N-]S(=O)(=O)C(F)(F)F)cc1)(OC)OC.CS(=O)(=O)[N-]S(=O)(=O)C(F)(F)F.[K+].[K+].[K+]. The summed E-state index contributed by atoms with van der Waals surface area (Å²) in [7, 11) is -32.8. The average Bonchev–Trinajstić information content (AvgIpc) is 3.92. The number of sulfonamides is 6. The van der Waals surface area contributed by atoms with Crippen LogP contribution in [0.25, 0.3) is 12.4 Å². The number of rotatable bonds is 27. The van der Waals surface area contributed by atoms with Crippen LogP contribution in [0.4, 0.5) is 39.5 Å². The van der Waals surface area contributed by atoms with Crippen molar-refractivity contribution < 1.29 is 284 Å². The molecule has 452 valence electrons. The molecule has 2 bridgehead atoms. The van der Waals surface area contributed by atoms with Crippen LogP contribution in [0.1, 0.15) is 58.4 Å². The first-order valence-corrected chi connectivity index (χ1v) is 36.4. The Labute approximate surface area is 587 Å². The maximum atomic E-state index is 12.3. The predicted octanol–water partition coefficient (Wildman–Crippen LogP) is -2.77. The van der Waals surface area contributed by atoms with E-state index in [4.69, 9.17) is 39.8 Å². The van der Waals surface area contributed by atoms with E-state index in [-0.39, 0.29) is 173 Å². The van der Waals surface area contributed by atoms with Crippen LogP contribution < -0.4 is 154 Å². The van der Waals surface area contributed by atoms with E-state index >= 15 is 0 Å². The maximum absolute atomic E-state index is 12.3. The molecule has 1 aromatic carbocycles. The summed E-state index contributed by atoms with van der Waals surface area (Å²) in [6.07, 6.45) is 5.81. The molecule has 2 aliphatic carbocycles. The fourth-order valence-corrected chi connectivity index (χ4v) is 20.7. The molecule has 0 amide bonds. The summed E-state index contributed by atoms with van der Waals surface area (Å²) < 4.78 is 291. The minimum Gasteiger partial charge on any atom is -0.429 e. The first-order chi connectivity index (χ1) is 34.4. The molecule has 0 N–H and O–H groups in total. The van der Waals surface area contributed by atoms with Gasteiger partial charge in [0.15, 0.2) is 30.1 Å². The molecule has 0 aromatic heterocycles. The molecule has 3 unspecified atom stereocenters. The van der Waals surface area contributed by atoms with Crippen LogP contribution in [-0.4, -0.2) is 168 Å². The zero-order valence-corrected chi connectivity index (χ0v) is 62.6. The minimum absolute atomic E-state index is 0. The number of aryl methyl sites for hydroxylation is 1. The van der Waals surface area contributed by atoms with Gasteiger partial charge in [-0.3, -0.25) is 0 Å². The molecule has 3 rings (SSSR count). The Hall–Kier alpha value is 3.37. The normalized spacial score (nSPS) is 17.5. The summed E-state index contributed by atoms with van der Waals surface area (Å²) in [5.41, 5.74) is -16.0. The van der Waals surface area contributed by atoms with Gasteiger partial charge in [0, 0.05) is 97.0 Å². The van der Waals surface area contributed by atoms with Gasteiger partial charge in [0.25, 0.3) is 0 Å². The van der Waals surface area contributed by atoms with E-state index in [1.54, 1.807) is 4.13 Å².